The Morgan fingerprint density at radius 1 is 1.31 bits per heavy atom. The van der Waals surface area contributed by atoms with Crippen molar-refractivity contribution in [3.63, 3.8) is 0 Å². The fraction of sp³-hybridized carbons (Fsp3) is 0.909. The number of ether oxygens (including phenoxy) is 1. The molecule has 0 radical (unpaired) electrons. The van der Waals surface area contributed by atoms with Gasteiger partial charge in [-0.2, -0.15) is 5.26 Å². The predicted octanol–water partition coefficient (Wildman–Crippen LogP) is 2.99. The van der Waals surface area contributed by atoms with Gasteiger partial charge < -0.3 is 4.74 Å². The topological polar surface area (TPSA) is 33.0 Å². The number of rotatable bonds is 4. The monoisotopic (exact) mass is 183 g/mol. The maximum absolute atomic E-state index is 9.11. The smallest absolute Gasteiger partial charge is 0.0690 e. The molecule has 0 spiro atoms. The molecule has 0 fully saturated rings. The number of hydrogen-bond donors (Lipinski definition) is 0. The van der Waals surface area contributed by atoms with E-state index in [9.17, 15) is 0 Å². The molecule has 0 heterocycles. The minimum atomic E-state index is -0.292. The summed E-state index contributed by atoms with van der Waals surface area (Å²) in [4.78, 5) is 0. The van der Waals surface area contributed by atoms with E-state index >= 15 is 0 Å². The third-order valence-electron chi connectivity index (χ3n) is 2.88. The van der Waals surface area contributed by atoms with Gasteiger partial charge in [-0.15, -0.1) is 0 Å². The Morgan fingerprint density at radius 3 is 2.00 bits per heavy atom. The number of nitrogens with zero attached hydrogens (tertiary/aromatic N) is 1. The summed E-state index contributed by atoms with van der Waals surface area (Å²) in [7, 11) is 1.69. The molecule has 1 unspecified atom stereocenters. The maximum Gasteiger partial charge on any atom is 0.0690 e. The highest BCUT2D eigenvalue weighted by atomic mass is 16.5. The second-order valence-electron chi connectivity index (χ2n) is 4.82. The Kier molecular flexibility index (Phi) is 3.93. The van der Waals surface area contributed by atoms with Crippen LogP contribution < -0.4 is 0 Å². The lowest BCUT2D eigenvalue weighted by Crippen LogP contribution is -2.34. The molecule has 0 rings (SSSR count). The Bertz CT molecular complexity index is 203. The molecule has 0 aliphatic heterocycles. The molecule has 0 saturated heterocycles. The zero-order valence-electron chi connectivity index (χ0n) is 9.64. The van der Waals surface area contributed by atoms with Crippen LogP contribution in [0.4, 0.5) is 0 Å². The normalized spacial score (nSPS) is 16.8. The van der Waals surface area contributed by atoms with E-state index in [1.807, 2.05) is 20.8 Å². The summed E-state index contributed by atoms with van der Waals surface area (Å²) in [6, 6.07) is 2.39. The van der Waals surface area contributed by atoms with Crippen LogP contribution in [0.25, 0.3) is 0 Å². The summed E-state index contributed by atoms with van der Waals surface area (Å²) in [6.45, 7) is 10.2. The molecular formula is C11H21NO. The molecule has 2 nitrogen and oxygen atoms in total. The molecule has 76 valence electrons. The van der Waals surface area contributed by atoms with Gasteiger partial charge in [0, 0.05) is 7.11 Å². The Labute approximate surface area is 81.9 Å². The van der Waals surface area contributed by atoms with E-state index in [0.717, 1.165) is 6.42 Å². The first-order valence-corrected chi connectivity index (χ1v) is 4.74. The van der Waals surface area contributed by atoms with Crippen molar-refractivity contribution >= 4 is 0 Å². The lowest BCUT2D eigenvalue weighted by atomic mass is 9.73. The summed E-state index contributed by atoms with van der Waals surface area (Å²) >= 11 is 0. The van der Waals surface area contributed by atoms with Crippen LogP contribution in [0.3, 0.4) is 0 Å². The third-order valence-corrected chi connectivity index (χ3v) is 2.88. The lowest BCUT2D eigenvalue weighted by molar-refractivity contribution is -0.0141. The van der Waals surface area contributed by atoms with Gasteiger partial charge in [0.05, 0.1) is 17.1 Å². The van der Waals surface area contributed by atoms with Gasteiger partial charge in [-0.25, -0.2) is 0 Å². The Hall–Kier alpha value is -0.550. The minimum absolute atomic E-state index is 0.214. The van der Waals surface area contributed by atoms with Crippen molar-refractivity contribution in [1.82, 2.24) is 0 Å². The highest BCUT2D eigenvalue weighted by Gasteiger charge is 2.35. The first-order chi connectivity index (χ1) is 5.77. The third kappa shape index (κ3) is 3.36. The minimum Gasteiger partial charge on any atom is -0.379 e. The van der Waals surface area contributed by atoms with Crippen LogP contribution in [-0.2, 0) is 4.74 Å². The van der Waals surface area contributed by atoms with E-state index in [2.05, 4.69) is 19.9 Å². The molecule has 0 aromatic carbocycles. The molecular weight excluding hydrogens is 162 g/mol. The highest BCUT2D eigenvalue weighted by molar-refractivity contribution is 5.00. The number of nitriles is 1. The van der Waals surface area contributed by atoms with Gasteiger partial charge in [-0.3, -0.25) is 0 Å². The molecule has 0 saturated carbocycles. The van der Waals surface area contributed by atoms with Crippen molar-refractivity contribution in [3.05, 3.63) is 0 Å². The van der Waals surface area contributed by atoms with Crippen molar-refractivity contribution in [2.75, 3.05) is 7.11 Å². The molecule has 0 amide bonds. The second-order valence-corrected chi connectivity index (χ2v) is 4.82. The molecule has 0 aromatic rings. The van der Waals surface area contributed by atoms with E-state index in [4.69, 9.17) is 10.00 Å². The average molecular weight is 183 g/mol. The SMILES string of the molecule is COC(C)(C)CC(C)(C#N)C(C)C. The summed E-state index contributed by atoms with van der Waals surface area (Å²) in [5.74, 6) is 0.354. The zero-order chi connectivity index (χ0) is 10.7. The number of methoxy groups -OCH3 is 1. The predicted molar refractivity (Wildman–Crippen MR) is 54.3 cm³/mol. The first-order valence-electron chi connectivity index (χ1n) is 4.74. The van der Waals surface area contributed by atoms with Gasteiger partial charge in [0.2, 0.25) is 0 Å². The zero-order valence-corrected chi connectivity index (χ0v) is 9.64. The van der Waals surface area contributed by atoms with E-state index in [0.29, 0.717) is 5.92 Å². The summed E-state index contributed by atoms with van der Waals surface area (Å²) < 4.78 is 5.33. The average Bonchev–Trinajstić information content (AvgIpc) is 2.03. The van der Waals surface area contributed by atoms with Crippen LogP contribution in [0.5, 0.6) is 0 Å². The Morgan fingerprint density at radius 2 is 1.77 bits per heavy atom. The Balaban J connectivity index is 4.57. The van der Waals surface area contributed by atoms with E-state index < -0.39 is 0 Å². The standard InChI is InChI=1S/C11H21NO/c1-9(2)11(5,8-12)7-10(3,4)13-6/h9H,7H2,1-6H3. The summed E-state index contributed by atoms with van der Waals surface area (Å²) in [6.07, 6.45) is 0.769. The van der Waals surface area contributed by atoms with Crippen molar-refractivity contribution < 1.29 is 4.74 Å². The molecule has 0 aliphatic carbocycles. The molecule has 1 atom stereocenters. The molecule has 0 aliphatic rings. The summed E-state index contributed by atoms with van der Waals surface area (Å²) in [5.41, 5.74) is -0.506. The molecule has 0 bridgehead atoms. The van der Waals surface area contributed by atoms with Gasteiger partial charge in [0.15, 0.2) is 0 Å². The van der Waals surface area contributed by atoms with Crippen LogP contribution >= 0.6 is 0 Å². The van der Waals surface area contributed by atoms with Crippen LogP contribution in [0.1, 0.15) is 41.0 Å². The fourth-order valence-corrected chi connectivity index (χ4v) is 1.33. The molecule has 13 heavy (non-hydrogen) atoms. The van der Waals surface area contributed by atoms with E-state index in [-0.39, 0.29) is 11.0 Å². The van der Waals surface area contributed by atoms with Crippen LogP contribution in [0, 0.1) is 22.7 Å². The summed E-state index contributed by atoms with van der Waals surface area (Å²) in [5, 5.41) is 9.11. The quantitative estimate of drug-likeness (QED) is 0.671. The van der Waals surface area contributed by atoms with Crippen molar-refractivity contribution in [2.24, 2.45) is 11.3 Å². The van der Waals surface area contributed by atoms with Gasteiger partial charge in [-0.05, 0) is 33.1 Å². The van der Waals surface area contributed by atoms with Gasteiger partial charge >= 0.3 is 0 Å². The molecule has 0 N–H and O–H groups in total. The van der Waals surface area contributed by atoms with Crippen molar-refractivity contribution in [1.29, 1.82) is 5.26 Å². The maximum atomic E-state index is 9.11. The van der Waals surface area contributed by atoms with Gasteiger partial charge in [-0.1, -0.05) is 13.8 Å². The van der Waals surface area contributed by atoms with E-state index in [1.54, 1.807) is 7.11 Å². The molecule has 2 heteroatoms. The van der Waals surface area contributed by atoms with Gasteiger partial charge in [0.1, 0.15) is 0 Å². The van der Waals surface area contributed by atoms with Crippen molar-refractivity contribution in [2.45, 2.75) is 46.6 Å². The van der Waals surface area contributed by atoms with Crippen LogP contribution in [0.2, 0.25) is 0 Å². The van der Waals surface area contributed by atoms with Crippen molar-refractivity contribution in [3.8, 4) is 6.07 Å². The second kappa shape index (κ2) is 4.11. The first kappa shape index (κ1) is 12.4. The van der Waals surface area contributed by atoms with E-state index in [1.165, 1.54) is 0 Å². The number of hydrogen-bond acceptors (Lipinski definition) is 2. The molecule has 0 aromatic heterocycles. The largest absolute Gasteiger partial charge is 0.379 e. The fourth-order valence-electron chi connectivity index (χ4n) is 1.33. The lowest BCUT2D eigenvalue weighted by Gasteiger charge is -2.34. The van der Waals surface area contributed by atoms with Crippen LogP contribution in [0.15, 0.2) is 0 Å². The van der Waals surface area contributed by atoms with Gasteiger partial charge in [0.25, 0.3) is 0 Å². The van der Waals surface area contributed by atoms with Crippen LogP contribution in [-0.4, -0.2) is 12.7 Å². The highest BCUT2D eigenvalue weighted by Crippen LogP contribution is 2.36.